The number of nitrogens with one attached hydrogen (secondary N) is 3. The van der Waals surface area contributed by atoms with Crippen molar-refractivity contribution in [3.8, 4) is 0 Å². The van der Waals surface area contributed by atoms with Crippen molar-refractivity contribution in [3.05, 3.63) is 60.2 Å². The van der Waals surface area contributed by atoms with Crippen molar-refractivity contribution >= 4 is 35.1 Å². The number of hydrogen-bond acceptors (Lipinski definition) is 4. The molecule has 0 radical (unpaired) electrons. The van der Waals surface area contributed by atoms with Crippen LogP contribution in [-0.4, -0.2) is 41.2 Å². The predicted molar refractivity (Wildman–Crippen MR) is 108 cm³/mol. The molecule has 0 spiro atoms. The minimum Gasteiger partial charge on any atom is -0.326 e. The van der Waals surface area contributed by atoms with Crippen molar-refractivity contribution < 1.29 is 19.2 Å². The van der Waals surface area contributed by atoms with Crippen molar-refractivity contribution in [1.29, 1.82) is 0 Å². The molecule has 1 aliphatic rings. The number of rotatable bonds is 7. The first-order chi connectivity index (χ1) is 13.9. The average Bonchev–Trinajstić information content (AvgIpc) is 2.93. The molecule has 1 heterocycles. The van der Waals surface area contributed by atoms with E-state index in [9.17, 15) is 19.2 Å². The summed E-state index contributed by atoms with van der Waals surface area (Å²) in [6.45, 7) is 1.65. The number of benzene rings is 2. The zero-order chi connectivity index (χ0) is 20.8. The number of nitrogens with zero attached hydrogens (tertiary/aromatic N) is 1. The summed E-state index contributed by atoms with van der Waals surface area (Å²) in [6.07, 6.45) is 0.381. The Morgan fingerprint density at radius 3 is 2.38 bits per heavy atom. The molecule has 8 heteroatoms. The lowest BCUT2D eigenvalue weighted by molar-refractivity contribution is -0.129. The van der Waals surface area contributed by atoms with Crippen molar-refractivity contribution in [1.82, 2.24) is 10.2 Å². The van der Waals surface area contributed by atoms with Gasteiger partial charge in [0.25, 0.3) is 5.91 Å². The number of hydrogen-bond donors (Lipinski definition) is 3. The van der Waals surface area contributed by atoms with Crippen molar-refractivity contribution in [2.75, 3.05) is 17.2 Å². The van der Waals surface area contributed by atoms with Crippen molar-refractivity contribution in [2.45, 2.75) is 25.8 Å². The van der Waals surface area contributed by atoms with Gasteiger partial charge in [-0.05, 0) is 30.2 Å². The lowest BCUT2D eigenvalue weighted by Gasteiger charge is -2.13. The van der Waals surface area contributed by atoms with E-state index in [0.717, 1.165) is 10.5 Å². The summed E-state index contributed by atoms with van der Waals surface area (Å²) in [6, 6.07) is 14.8. The van der Waals surface area contributed by atoms with Gasteiger partial charge in [-0.3, -0.25) is 19.3 Å². The van der Waals surface area contributed by atoms with E-state index in [2.05, 4.69) is 16.0 Å². The molecule has 0 saturated carbocycles. The summed E-state index contributed by atoms with van der Waals surface area (Å²) in [7, 11) is 0. The van der Waals surface area contributed by atoms with E-state index in [1.54, 1.807) is 24.3 Å². The minimum atomic E-state index is -0.892. The number of urea groups is 1. The molecular weight excluding hydrogens is 372 g/mol. The van der Waals surface area contributed by atoms with Gasteiger partial charge in [-0.2, -0.15) is 0 Å². The first-order valence-electron chi connectivity index (χ1n) is 9.25. The third kappa shape index (κ3) is 5.41. The van der Waals surface area contributed by atoms with E-state index < -0.39 is 23.9 Å². The average molecular weight is 394 g/mol. The molecule has 2 aromatic carbocycles. The molecule has 1 atom stereocenters. The molecule has 8 nitrogen and oxygen atoms in total. The monoisotopic (exact) mass is 394 g/mol. The Hall–Kier alpha value is -3.68. The van der Waals surface area contributed by atoms with E-state index >= 15 is 0 Å². The molecule has 29 heavy (non-hydrogen) atoms. The van der Waals surface area contributed by atoms with Crippen LogP contribution >= 0.6 is 0 Å². The van der Waals surface area contributed by atoms with E-state index in [4.69, 9.17) is 0 Å². The highest BCUT2D eigenvalue weighted by Crippen LogP contribution is 2.17. The largest absolute Gasteiger partial charge is 0.326 e. The van der Waals surface area contributed by atoms with Crippen LogP contribution in [0.2, 0.25) is 0 Å². The Labute approximate surface area is 168 Å². The highest BCUT2D eigenvalue weighted by Gasteiger charge is 2.38. The topological polar surface area (TPSA) is 108 Å². The Morgan fingerprint density at radius 2 is 1.69 bits per heavy atom. The van der Waals surface area contributed by atoms with Gasteiger partial charge in [-0.25, -0.2) is 4.79 Å². The summed E-state index contributed by atoms with van der Waals surface area (Å²) in [5, 5.41) is 7.87. The Morgan fingerprint density at radius 1 is 1.00 bits per heavy atom. The second-order valence-electron chi connectivity index (χ2n) is 6.74. The third-order valence-electron chi connectivity index (χ3n) is 4.43. The number of carbonyl (C=O) groups excluding carboxylic acids is 4. The summed E-state index contributed by atoms with van der Waals surface area (Å²) >= 11 is 0. The molecule has 0 aromatic heterocycles. The molecule has 2 aromatic rings. The van der Waals surface area contributed by atoms with Gasteiger partial charge in [0.15, 0.2) is 0 Å². The lowest BCUT2D eigenvalue weighted by Crippen LogP contribution is -2.34. The summed E-state index contributed by atoms with van der Waals surface area (Å²) < 4.78 is 0. The quantitative estimate of drug-likeness (QED) is 0.625. The minimum absolute atomic E-state index is 0.170. The SMILES string of the molecule is CC(=O)Nc1cccc(NC(=O)C[C@H]2NC(=O)N(CCc3ccccc3)C2=O)c1. The zero-order valence-electron chi connectivity index (χ0n) is 16.0. The molecule has 0 aliphatic carbocycles. The van der Waals surface area contributed by atoms with Crippen LogP contribution < -0.4 is 16.0 Å². The smallest absolute Gasteiger partial charge is 0.324 e. The molecular formula is C21H22N4O4. The maximum absolute atomic E-state index is 12.5. The summed E-state index contributed by atoms with van der Waals surface area (Å²) in [5.41, 5.74) is 2.06. The van der Waals surface area contributed by atoms with Gasteiger partial charge in [-0.15, -0.1) is 0 Å². The van der Waals surface area contributed by atoms with Gasteiger partial charge in [-0.1, -0.05) is 36.4 Å². The Kier molecular flexibility index (Phi) is 6.23. The molecule has 1 aliphatic heterocycles. The van der Waals surface area contributed by atoms with Crippen molar-refractivity contribution in [2.24, 2.45) is 0 Å². The van der Waals surface area contributed by atoms with Crippen LogP contribution in [0, 0.1) is 0 Å². The zero-order valence-corrected chi connectivity index (χ0v) is 16.0. The van der Waals surface area contributed by atoms with Gasteiger partial charge >= 0.3 is 6.03 Å². The Bertz CT molecular complexity index is 929. The molecule has 1 saturated heterocycles. The lowest BCUT2D eigenvalue weighted by atomic mass is 10.1. The molecule has 1 fully saturated rings. The molecule has 0 unspecified atom stereocenters. The molecule has 3 rings (SSSR count). The second kappa shape index (κ2) is 9.01. The molecule has 150 valence electrons. The second-order valence-corrected chi connectivity index (χ2v) is 6.74. The van der Waals surface area contributed by atoms with E-state index in [1.807, 2.05) is 30.3 Å². The predicted octanol–water partition coefficient (Wildman–Crippen LogP) is 2.14. The van der Waals surface area contributed by atoms with Crippen molar-refractivity contribution in [3.63, 3.8) is 0 Å². The van der Waals surface area contributed by atoms with E-state index in [-0.39, 0.29) is 18.9 Å². The fourth-order valence-electron chi connectivity index (χ4n) is 3.09. The van der Waals surface area contributed by atoms with Gasteiger partial charge in [0.1, 0.15) is 6.04 Å². The van der Waals surface area contributed by atoms with Crippen LogP contribution in [0.4, 0.5) is 16.2 Å². The van der Waals surface area contributed by atoms with Crippen LogP contribution in [0.15, 0.2) is 54.6 Å². The third-order valence-corrected chi connectivity index (χ3v) is 4.43. The fraction of sp³-hybridized carbons (Fsp3) is 0.238. The number of imide groups is 1. The Balaban J connectivity index is 1.55. The van der Waals surface area contributed by atoms with Crippen LogP contribution in [0.1, 0.15) is 18.9 Å². The van der Waals surface area contributed by atoms with Crippen LogP contribution in [-0.2, 0) is 20.8 Å². The number of carbonyl (C=O) groups is 4. The van der Waals surface area contributed by atoms with E-state index in [0.29, 0.717) is 17.8 Å². The van der Waals surface area contributed by atoms with Gasteiger partial charge in [0, 0.05) is 24.8 Å². The number of anilines is 2. The normalized spacial score (nSPS) is 15.8. The fourth-order valence-corrected chi connectivity index (χ4v) is 3.09. The van der Waals surface area contributed by atoms with Crippen LogP contribution in [0.25, 0.3) is 0 Å². The van der Waals surface area contributed by atoms with Gasteiger partial charge < -0.3 is 16.0 Å². The van der Waals surface area contributed by atoms with Gasteiger partial charge in [0.2, 0.25) is 11.8 Å². The first kappa shape index (κ1) is 20.1. The first-order valence-corrected chi connectivity index (χ1v) is 9.25. The summed E-state index contributed by atoms with van der Waals surface area (Å²) in [5.74, 6) is -1.04. The highest BCUT2D eigenvalue weighted by atomic mass is 16.2. The maximum atomic E-state index is 12.5. The molecule has 5 amide bonds. The van der Waals surface area contributed by atoms with E-state index in [1.165, 1.54) is 6.92 Å². The van der Waals surface area contributed by atoms with Crippen LogP contribution in [0.5, 0.6) is 0 Å². The molecule has 0 bridgehead atoms. The maximum Gasteiger partial charge on any atom is 0.324 e. The summed E-state index contributed by atoms with van der Waals surface area (Å²) in [4.78, 5) is 49.2. The highest BCUT2D eigenvalue weighted by molar-refractivity contribution is 6.07. The molecule has 3 N–H and O–H groups in total. The van der Waals surface area contributed by atoms with Gasteiger partial charge in [0.05, 0.1) is 6.42 Å². The standard InChI is InChI=1S/C21H22N4O4/c1-14(26)22-16-8-5-9-17(12-16)23-19(27)13-18-20(28)25(21(29)24-18)11-10-15-6-3-2-4-7-15/h2-9,12,18H,10-11,13H2,1H3,(H,22,26)(H,23,27)(H,24,29)/t18-/m1/s1. The number of amides is 5. The van der Waals surface area contributed by atoms with Crippen LogP contribution in [0.3, 0.4) is 0 Å².